The van der Waals surface area contributed by atoms with Crippen LogP contribution in [0, 0.1) is 12.8 Å². The SMILES string of the molecule is Cc1ccc(S(=O)(=O)O[C@H]2C[C@H](O[Si](C)(C)C(C)(C)C)C[C@@H](C(=O)O)C2)cc1. The molecule has 0 spiro atoms. The van der Waals surface area contributed by atoms with Crippen molar-refractivity contribution in [3.05, 3.63) is 29.8 Å². The fourth-order valence-corrected chi connectivity index (χ4v) is 5.60. The monoisotopic (exact) mass is 428 g/mol. The van der Waals surface area contributed by atoms with Gasteiger partial charge in [0.05, 0.1) is 16.9 Å². The lowest BCUT2D eigenvalue weighted by atomic mass is 9.85. The van der Waals surface area contributed by atoms with Crippen molar-refractivity contribution in [2.45, 2.75) is 82.2 Å². The maximum absolute atomic E-state index is 12.6. The van der Waals surface area contributed by atoms with Crippen molar-refractivity contribution < 1.29 is 26.9 Å². The highest BCUT2D eigenvalue weighted by Crippen LogP contribution is 2.40. The summed E-state index contributed by atoms with van der Waals surface area (Å²) in [5, 5.41) is 9.51. The summed E-state index contributed by atoms with van der Waals surface area (Å²) in [5.74, 6) is -1.62. The second-order valence-corrected chi connectivity index (χ2v) is 15.6. The lowest BCUT2D eigenvalue weighted by molar-refractivity contribution is -0.145. The Morgan fingerprint density at radius 2 is 1.61 bits per heavy atom. The minimum Gasteiger partial charge on any atom is -0.481 e. The van der Waals surface area contributed by atoms with E-state index in [0.29, 0.717) is 12.8 Å². The van der Waals surface area contributed by atoms with Crippen LogP contribution in [0.2, 0.25) is 18.1 Å². The third-order valence-corrected chi connectivity index (χ3v) is 11.7. The first-order valence-electron chi connectivity index (χ1n) is 9.62. The van der Waals surface area contributed by atoms with Crippen LogP contribution in [0.1, 0.15) is 45.6 Å². The molecule has 28 heavy (non-hydrogen) atoms. The van der Waals surface area contributed by atoms with Crippen molar-refractivity contribution in [3.63, 3.8) is 0 Å². The molecule has 3 atom stereocenters. The second-order valence-electron chi connectivity index (χ2n) is 9.23. The number of carboxylic acids is 1. The van der Waals surface area contributed by atoms with Crippen LogP contribution in [-0.4, -0.2) is 40.0 Å². The topological polar surface area (TPSA) is 89.9 Å². The van der Waals surface area contributed by atoms with Gasteiger partial charge < -0.3 is 9.53 Å². The molecule has 0 bridgehead atoms. The highest BCUT2D eigenvalue weighted by Gasteiger charge is 2.43. The van der Waals surface area contributed by atoms with Crippen molar-refractivity contribution in [2.24, 2.45) is 5.92 Å². The largest absolute Gasteiger partial charge is 0.481 e. The van der Waals surface area contributed by atoms with Crippen molar-refractivity contribution in [1.82, 2.24) is 0 Å². The van der Waals surface area contributed by atoms with E-state index in [2.05, 4.69) is 33.9 Å². The highest BCUT2D eigenvalue weighted by atomic mass is 32.2. The fourth-order valence-electron chi connectivity index (χ4n) is 3.13. The molecule has 2 rings (SSSR count). The summed E-state index contributed by atoms with van der Waals surface area (Å²) >= 11 is 0. The molecule has 0 saturated heterocycles. The molecule has 0 radical (unpaired) electrons. The van der Waals surface area contributed by atoms with Crippen LogP contribution in [0.3, 0.4) is 0 Å². The first-order valence-corrected chi connectivity index (χ1v) is 13.9. The minimum atomic E-state index is -3.96. The van der Waals surface area contributed by atoms with Crippen molar-refractivity contribution in [3.8, 4) is 0 Å². The predicted octanol–water partition coefficient (Wildman–Crippen LogP) is 4.34. The molecule has 8 heteroatoms. The number of hydrogen-bond acceptors (Lipinski definition) is 5. The number of hydrogen-bond donors (Lipinski definition) is 1. The van der Waals surface area contributed by atoms with Gasteiger partial charge in [0.15, 0.2) is 8.32 Å². The third-order valence-electron chi connectivity index (χ3n) is 5.81. The van der Waals surface area contributed by atoms with Gasteiger partial charge in [0.25, 0.3) is 10.1 Å². The molecule has 0 amide bonds. The Labute approximate surface area is 169 Å². The first-order chi connectivity index (χ1) is 12.7. The summed E-state index contributed by atoms with van der Waals surface area (Å²) in [5.41, 5.74) is 0.949. The lowest BCUT2D eigenvalue weighted by Gasteiger charge is -2.42. The third kappa shape index (κ3) is 5.65. The zero-order valence-corrected chi connectivity index (χ0v) is 19.4. The molecule has 0 heterocycles. The van der Waals surface area contributed by atoms with E-state index in [1.54, 1.807) is 12.1 Å². The molecule has 6 nitrogen and oxygen atoms in total. The molecular formula is C20H32O6SSi. The van der Waals surface area contributed by atoms with E-state index in [9.17, 15) is 18.3 Å². The van der Waals surface area contributed by atoms with E-state index >= 15 is 0 Å². The quantitative estimate of drug-likeness (QED) is 0.535. The number of aryl methyl sites for hydroxylation is 1. The van der Waals surface area contributed by atoms with E-state index in [-0.39, 0.29) is 22.5 Å². The number of aliphatic carboxylic acids is 1. The Morgan fingerprint density at radius 1 is 1.07 bits per heavy atom. The van der Waals surface area contributed by atoms with Gasteiger partial charge in [0.1, 0.15) is 0 Å². The number of benzene rings is 1. The number of carboxylic acid groups (broad SMARTS) is 1. The van der Waals surface area contributed by atoms with Crippen molar-refractivity contribution >= 4 is 24.4 Å². The average Bonchev–Trinajstić information content (AvgIpc) is 2.53. The molecule has 1 fully saturated rings. The molecule has 1 saturated carbocycles. The van der Waals surface area contributed by atoms with Gasteiger partial charge in [-0.1, -0.05) is 38.5 Å². The van der Waals surface area contributed by atoms with Gasteiger partial charge in [0, 0.05) is 12.5 Å². The lowest BCUT2D eigenvalue weighted by Crippen LogP contribution is -2.47. The van der Waals surface area contributed by atoms with E-state index in [1.807, 2.05) is 6.92 Å². The summed E-state index contributed by atoms with van der Waals surface area (Å²) in [6.45, 7) is 12.4. The Bertz CT molecular complexity index is 795. The summed E-state index contributed by atoms with van der Waals surface area (Å²) < 4.78 is 37.1. The van der Waals surface area contributed by atoms with E-state index in [0.717, 1.165) is 5.56 Å². The van der Waals surface area contributed by atoms with Crippen LogP contribution in [0.15, 0.2) is 29.2 Å². The standard InChI is InChI=1S/C20H32O6SSi/c1-14-7-9-18(10-8-14)27(23,24)25-16-11-15(19(21)22)12-17(13-16)26-28(5,6)20(2,3)4/h7-10,15-17H,11-13H2,1-6H3,(H,21,22)/t15-,16+,17+/m0/s1. The summed E-state index contributed by atoms with van der Waals surface area (Å²) in [4.78, 5) is 11.7. The predicted molar refractivity (Wildman–Crippen MR) is 110 cm³/mol. The van der Waals surface area contributed by atoms with E-state index in [4.69, 9.17) is 8.61 Å². The highest BCUT2D eigenvalue weighted by molar-refractivity contribution is 7.86. The minimum absolute atomic E-state index is 0.0203. The van der Waals surface area contributed by atoms with Crippen molar-refractivity contribution in [2.75, 3.05) is 0 Å². The molecule has 158 valence electrons. The Kier molecular flexibility index (Phi) is 6.80. The molecular weight excluding hydrogens is 396 g/mol. The Balaban J connectivity index is 2.19. The van der Waals surface area contributed by atoms with Crippen LogP contribution >= 0.6 is 0 Å². The molecule has 1 aromatic carbocycles. The van der Waals surface area contributed by atoms with Gasteiger partial charge in [-0.25, -0.2) is 0 Å². The Hall–Kier alpha value is -1.22. The molecule has 1 aliphatic carbocycles. The van der Waals surface area contributed by atoms with Gasteiger partial charge in [-0.05, 0) is 50.0 Å². The van der Waals surface area contributed by atoms with Crippen LogP contribution in [0.4, 0.5) is 0 Å². The van der Waals surface area contributed by atoms with Crippen molar-refractivity contribution in [1.29, 1.82) is 0 Å². The Morgan fingerprint density at radius 3 is 2.11 bits per heavy atom. The number of rotatable bonds is 6. The van der Waals surface area contributed by atoms with Gasteiger partial charge in [-0.15, -0.1) is 0 Å². The van der Waals surface area contributed by atoms with Crippen LogP contribution in [0.25, 0.3) is 0 Å². The van der Waals surface area contributed by atoms with Gasteiger partial charge in [-0.2, -0.15) is 8.42 Å². The van der Waals surface area contributed by atoms with E-state index < -0.39 is 36.4 Å². The number of carbonyl (C=O) groups is 1. The van der Waals surface area contributed by atoms with Gasteiger partial charge in [0.2, 0.25) is 0 Å². The van der Waals surface area contributed by atoms with Crippen LogP contribution in [0.5, 0.6) is 0 Å². The average molecular weight is 429 g/mol. The zero-order valence-electron chi connectivity index (χ0n) is 17.6. The summed E-state index contributed by atoms with van der Waals surface area (Å²) in [7, 11) is -6.07. The van der Waals surface area contributed by atoms with E-state index in [1.165, 1.54) is 12.1 Å². The van der Waals surface area contributed by atoms with Gasteiger partial charge >= 0.3 is 5.97 Å². The fraction of sp³-hybridized carbons (Fsp3) is 0.650. The van der Waals surface area contributed by atoms with Gasteiger partial charge in [-0.3, -0.25) is 8.98 Å². The summed E-state index contributed by atoms with van der Waals surface area (Å²) in [6.07, 6.45) is -0.115. The maximum Gasteiger partial charge on any atom is 0.306 e. The maximum atomic E-state index is 12.6. The molecule has 1 N–H and O–H groups in total. The second kappa shape index (κ2) is 8.26. The first kappa shape index (κ1) is 23.1. The van der Waals surface area contributed by atoms with Crippen LogP contribution in [-0.2, 0) is 23.5 Å². The van der Waals surface area contributed by atoms with Crippen LogP contribution < -0.4 is 0 Å². The summed E-state index contributed by atoms with van der Waals surface area (Å²) in [6, 6.07) is 6.43. The smallest absolute Gasteiger partial charge is 0.306 e. The molecule has 0 unspecified atom stereocenters. The molecule has 1 aliphatic rings. The molecule has 0 aromatic heterocycles. The molecule has 1 aromatic rings. The zero-order chi connectivity index (χ0) is 21.3. The normalized spacial score (nSPS) is 24.1. The molecule has 0 aliphatic heterocycles.